The van der Waals surface area contributed by atoms with Crippen molar-refractivity contribution < 1.29 is 4.79 Å². The van der Waals surface area contributed by atoms with Gasteiger partial charge in [0.05, 0.1) is 12.2 Å². The molecule has 0 spiro atoms. The number of hydrogen-bond donors (Lipinski definition) is 2. The van der Waals surface area contributed by atoms with Gasteiger partial charge in [-0.25, -0.2) is 4.98 Å². The van der Waals surface area contributed by atoms with E-state index in [1.807, 2.05) is 6.92 Å². The summed E-state index contributed by atoms with van der Waals surface area (Å²) in [6.45, 7) is 2.97. The molecule has 0 atom stereocenters. The van der Waals surface area contributed by atoms with E-state index in [0.29, 0.717) is 24.6 Å². The fourth-order valence-corrected chi connectivity index (χ4v) is 1.29. The summed E-state index contributed by atoms with van der Waals surface area (Å²) in [5, 5.41) is 0. The molecule has 4 N–H and O–H groups in total. The van der Waals surface area contributed by atoms with E-state index in [1.165, 1.54) is 0 Å². The zero-order valence-corrected chi connectivity index (χ0v) is 8.68. The molecule has 15 heavy (non-hydrogen) atoms. The average molecular weight is 209 g/mol. The van der Waals surface area contributed by atoms with Crippen LogP contribution in [0.5, 0.6) is 0 Å². The third kappa shape index (κ3) is 2.88. The SMILES string of the molecule is CCN(CC(N)=O)c1nccnc1CN. The van der Waals surface area contributed by atoms with Crippen LogP contribution in [0.15, 0.2) is 12.4 Å². The van der Waals surface area contributed by atoms with Crippen LogP contribution in [0.25, 0.3) is 0 Å². The quantitative estimate of drug-likeness (QED) is 0.664. The van der Waals surface area contributed by atoms with E-state index in [9.17, 15) is 4.79 Å². The Morgan fingerprint density at radius 3 is 2.67 bits per heavy atom. The molecule has 82 valence electrons. The van der Waals surface area contributed by atoms with Gasteiger partial charge in [0.25, 0.3) is 0 Å². The topological polar surface area (TPSA) is 98.1 Å². The smallest absolute Gasteiger partial charge is 0.236 e. The number of nitrogens with zero attached hydrogens (tertiary/aromatic N) is 3. The molecule has 1 aromatic heterocycles. The summed E-state index contributed by atoms with van der Waals surface area (Å²) < 4.78 is 0. The minimum Gasteiger partial charge on any atom is -0.368 e. The van der Waals surface area contributed by atoms with E-state index in [4.69, 9.17) is 11.5 Å². The second-order valence-corrected chi connectivity index (χ2v) is 3.01. The van der Waals surface area contributed by atoms with Crippen LogP contribution >= 0.6 is 0 Å². The van der Waals surface area contributed by atoms with Crippen LogP contribution < -0.4 is 16.4 Å². The van der Waals surface area contributed by atoms with E-state index in [1.54, 1.807) is 17.3 Å². The highest BCUT2D eigenvalue weighted by Gasteiger charge is 2.12. The zero-order chi connectivity index (χ0) is 11.3. The van der Waals surface area contributed by atoms with Gasteiger partial charge in [-0.1, -0.05) is 0 Å². The van der Waals surface area contributed by atoms with Gasteiger partial charge in [0.2, 0.25) is 5.91 Å². The molecular weight excluding hydrogens is 194 g/mol. The first-order valence-corrected chi connectivity index (χ1v) is 4.72. The van der Waals surface area contributed by atoms with Crippen LogP contribution in [-0.4, -0.2) is 29.0 Å². The number of aromatic nitrogens is 2. The molecule has 0 aliphatic rings. The van der Waals surface area contributed by atoms with Crippen molar-refractivity contribution in [1.82, 2.24) is 9.97 Å². The molecule has 1 aromatic rings. The fourth-order valence-electron chi connectivity index (χ4n) is 1.29. The highest BCUT2D eigenvalue weighted by Crippen LogP contribution is 2.13. The van der Waals surface area contributed by atoms with Crippen molar-refractivity contribution in [3.8, 4) is 0 Å². The predicted molar refractivity (Wildman–Crippen MR) is 57.0 cm³/mol. The molecule has 1 rings (SSSR count). The number of likely N-dealkylation sites (N-methyl/N-ethyl adjacent to an activating group) is 1. The maximum absolute atomic E-state index is 10.8. The maximum atomic E-state index is 10.8. The van der Waals surface area contributed by atoms with Crippen molar-refractivity contribution in [1.29, 1.82) is 0 Å². The number of primary amides is 1. The first-order chi connectivity index (χ1) is 7.19. The lowest BCUT2D eigenvalue weighted by Gasteiger charge is -2.21. The molecule has 0 aromatic carbocycles. The Labute approximate surface area is 88.3 Å². The Morgan fingerprint density at radius 1 is 1.47 bits per heavy atom. The van der Waals surface area contributed by atoms with Gasteiger partial charge >= 0.3 is 0 Å². The Bertz CT molecular complexity index is 341. The van der Waals surface area contributed by atoms with E-state index >= 15 is 0 Å². The second-order valence-electron chi connectivity index (χ2n) is 3.01. The van der Waals surface area contributed by atoms with Gasteiger partial charge in [-0.05, 0) is 6.92 Å². The molecule has 6 heteroatoms. The van der Waals surface area contributed by atoms with Gasteiger partial charge in [-0.2, -0.15) is 0 Å². The Kier molecular flexibility index (Phi) is 3.99. The van der Waals surface area contributed by atoms with Crippen molar-refractivity contribution in [3.63, 3.8) is 0 Å². The summed E-state index contributed by atoms with van der Waals surface area (Å²) in [5.41, 5.74) is 11.3. The van der Waals surface area contributed by atoms with Crippen molar-refractivity contribution >= 4 is 11.7 Å². The van der Waals surface area contributed by atoms with Crippen molar-refractivity contribution in [2.75, 3.05) is 18.0 Å². The van der Waals surface area contributed by atoms with Crippen LogP contribution in [0.1, 0.15) is 12.6 Å². The molecular formula is C9H15N5O. The van der Waals surface area contributed by atoms with Crippen LogP contribution in [0.4, 0.5) is 5.82 Å². The predicted octanol–water partition coefficient (Wildman–Crippen LogP) is -0.753. The minimum absolute atomic E-state index is 0.127. The third-order valence-electron chi connectivity index (χ3n) is 1.97. The first kappa shape index (κ1) is 11.4. The molecule has 0 unspecified atom stereocenters. The molecule has 0 saturated heterocycles. The lowest BCUT2D eigenvalue weighted by Crippen LogP contribution is -2.35. The lowest BCUT2D eigenvalue weighted by molar-refractivity contribution is -0.116. The molecule has 0 saturated carbocycles. The fraction of sp³-hybridized carbons (Fsp3) is 0.444. The molecule has 1 heterocycles. The van der Waals surface area contributed by atoms with Crippen LogP contribution in [0.3, 0.4) is 0 Å². The summed E-state index contributed by atoms with van der Waals surface area (Å²) in [7, 11) is 0. The standard InChI is InChI=1S/C9H15N5O/c1-2-14(6-8(11)15)9-7(5-10)12-3-4-13-9/h3-4H,2,5-6,10H2,1H3,(H2,11,15). The maximum Gasteiger partial charge on any atom is 0.236 e. The van der Waals surface area contributed by atoms with Gasteiger partial charge in [0.15, 0.2) is 5.82 Å². The largest absolute Gasteiger partial charge is 0.368 e. The molecule has 0 fully saturated rings. The highest BCUT2D eigenvalue weighted by atomic mass is 16.1. The van der Waals surface area contributed by atoms with Gasteiger partial charge in [0, 0.05) is 25.5 Å². The molecule has 0 radical (unpaired) electrons. The number of nitrogens with two attached hydrogens (primary N) is 2. The van der Waals surface area contributed by atoms with Gasteiger partial charge in [-0.15, -0.1) is 0 Å². The molecule has 6 nitrogen and oxygen atoms in total. The molecule has 1 amide bonds. The number of amides is 1. The Morgan fingerprint density at radius 2 is 2.13 bits per heavy atom. The van der Waals surface area contributed by atoms with E-state index in [-0.39, 0.29) is 6.54 Å². The van der Waals surface area contributed by atoms with E-state index in [2.05, 4.69) is 9.97 Å². The Balaban J connectivity index is 2.95. The van der Waals surface area contributed by atoms with E-state index in [0.717, 1.165) is 0 Å². The number of anilines is 1. The minimum atomic E-state index is -0.398. The summed E-state index contributed by atoms with van der Waals surface area (Å²) in [5.74, 6) is 0.228. The first-order valence-electron chi connectivity index (χ1n) is 4.72. The van der Waals surface area contributed by atoms with Gasteiger partial charge in [0.1, 0.15) is 0 Å². The zero-order valence-electron chi connectivity index (χ0n) is 8.68. The lowest BCUT2D eigenvalue weighted by atomic mass is 10.3. The average Bonchev–Trinajstić information content (AvgIpc) is 2.25. The van der Waals surface area contributed by atoms with Gasteiger partial charge < -0.3 is 16.4 Å². The summed E-state index contributed by atoms with van der Waals surface area (Å²) in [6.07, 6.45) is 3.14. The number of carbonyl (C=O) groups excluding carboxylic acids is 1. The van der Waals surface area contributed by atoms with E-state index < -0.39 is 5.91 Å². The number of rotatable bonds is 5. The molecule has 0 aliphatic carbocycles. The molecule has 0 bridgehead atoms. The second kappa shape index (κ2) is 5.26. The van der Waals surface area contributed by atoms with Gasteiger partial charge in [-0.3, -0.25) is 9.78 Å². The summed E-state index contributed by atoms with van der Waals surface area (Å²) in [6, 6.07) is 0. The van der Waals surface area contributed by atoms with Crippen molar-refractivity contribution in [3.05, 3.63) is 18.1 Å². The highest BCUT2D eigenvalue weighted by molar-refractivity contribution is 5.79. The van der Waals surface area contributed by atoms with Crippen molar-refractivity contribution in [2.24, 2.45) is 11.5 Å². The summed E-state index contributed by atoms with van der Waals surface area (Å²) >= 11 is 0. The third-order valence-corrected chi connectivity index (χ3v) is 1.97. The number of hydrogen-bond acceptors (Lipinski definition) is 5. The van der Waals surface area contributed by atoms with Crippen molar-refractivity contribution in [2.45, 2.75) is 13.5 Å². The van der Waals surface area contributed by atoms with Crippen LogP contribution in [0.2, 0.25) is 0 Å². The van der Waals surface area contributed by atoms with Crippen LogP contribution in [0, 0.1) is 0 Å². The Hall–Kier alpha value is -1.69. The van der Waals surface area contributed by atoms with Crippen LogP contribution in [-0.2, 0) is 11.3 Å². The number of carbonyl (C=O) groups is 1. The molecule has 0 aliphatic heterocycles. The normalized spacial score (nSPS) is 10.0. The monoisotopic (exact) mass is 209 g/mol. The summed E-state index contributed by atoms with van der Waals surface area (Å²) in [4.78, 5) is 20.8.